The van der Waals surface area contributed by atoms with E-state index in [0.29, 0.717) is 12.2 Å². The van der Waals surface area contributed by atoms with E-state index in [1.807, 2.05) is 0 Å². The molecule has 1 nitrogen and oxygen atoms in total. The lowest BCUT2D eigenvalue weighted by Gasteiger charge is -1.98. The predicted molar refractivity (Wildman–Crippen MR) is 52.5 cm³/mol. The van der Waals surface area contributed by atoms with Gasteiger partial charge in [0.05, 0.1) is 0 Å². The summed E-state index contributed by atoms with van der Waals surface area (Å²) in [4.78, 5) is 3.35. The fourth-order valence-electron chi connectivity index (χ4n) is 0.655. The number of halogens is 3. The number of hydrogen-bond acceptors (Lipinski definition) is 3. The highest BCUT2D eigenvalue weighted by molar-refractivity contribution is 7.80. The second-order valence-corrected chi connectivity index (χ2v) is 3.62. The maximum Gasteiger partial charge on any atom is 0.434 e. The van der Waals surface area contributed by atoms with Crippen LogP contribution in [0.3, 0.4) is 0 Å². The smallest absolute Gasteiger partial charge is 0.223 e. The van der Waals surface area contributed by atoms with Crippen molar-refractivity contribution in [3.05, 3.63) is 16.1 Å². The molecule has 0 aromatic carbocycles. The molecule has 14 heavy (non-hydrogen) atoms. The second kappa shape index (κ2) is 4.71. The first-order valence-corrected chi connectivity index (χ1v) is 5.17. The molecule has 0 unspecified atom stereocenters. The molecule has 0 radical (unpaired) electrons. The first kappa shape index (κ1) is 11.4. The molecule has 0 amide bonds. The van der Waals surface area contributed by atoms with Crippen LogP contribution in [0.15, 0.2) is 5.38 Å². The van der Waals surface area contributed by atoms with Gasteiger partial charge in [-0.1, -0.05) is 5.92 Å². The molecule has 0 aliphatic heterocycles. The Hall–Kier alpha value is -0.670. The second-order valence-electron chi connectivity index (χ2n) is 2.31. The Morgan fingerprint density at radius 3 is 2.71 bits per heavy atom. The Morgan fingerprint density at radius 1 is 1.50 bits per heavy atom. The van der Waals surface area contributed by atoms with Crippen LogP contribution in [0.5, 0.6) is 0 Å². The Kier molecular flexibility index (Phi) is 3.84. The van der Waals surface area contributed by atoms with Gasteiger partial charge in [-0.15, -0.1) is 11.3 Å². The average molecular weight is 237 g/mol. The summed E-state index contributed by atoms with van der Waals surface area (Å²) in [5.74, 6) is 5.80. The van der Waals surface area contributed by atoms with Gasteiger partial charge in [-0.25, -0.2) is 4.98 Å². The normalized spacial score (nSPS) is 10.9. The van der Waals surface area contributed by atoms with Gasteiger partial charge in [0, 0.05) is 17.6 Å². The van der Waals surface area contributed by atoms with E-state index in [2.05, 4.69) is 29.5 Å². The van der Waals surface area contributed by atoms with E-state index in [1.165, 1.54) is 0 Å². The topological polar surface area (TPSA) is 12.9 Å². The van der Waals surface area contributed by atoms with Crippen LogP contribution in [0.2, 0.25) is 0 Å². The summed E-state index contributed by atoms with van der Waals surface area (Å²) < 4.78 is 36.2. The molecular formula is C8H6F3NS2. The third-order valence-corrected chi connectivity index (χ3v) is 2.21. The van der Waals surface area contributed by atoms with Crippen molar-refractivity contribution in [2.75, 3.05) is 5.75 Å². The molecular weight excluding hydrogens is 231 g/mol. The molecule has 0 bridgehead atoms. The van der Waals surface area contributed by atoms with Crippen molar-refractivity contribution in [3.8, 4) is 11.8 Å². The minimum atomic E-state index is -4.38. The third-order valence-electron chi connectivity index (χ3n) is 1.23. The highest BCUT2D eigenvalue weighted by Crippen LogP contribution is 2.29. The lowest BCUT2D eigenvalue weighted by atomic mass is 10.4. The van der Waals surface area contributed by atoms with E-state index < -0.39 is 11.9 Å². The predicted octanol–water partition coefficient (Wildman–Crippen LogP) is 2.83. The van der Waals surface area contributed by atoms with Crippen molar-refractivity contribution < 1.29 is 13.2 Å². The largest absolute Gasteiger partial charge is 0.434 e. The van der Waals surface area contributed by atoms with Crippen LogP contribution >= 0.6 is 24.0 Å². The van der Waals surface area contributed by atoms with Gasteiger partial charge in [0.25, 0.3) is 0 Å². The minimum absolute atomic E-state index is 0.194. The van der Waals surface area contributed by atoms with Gasteiger partial charge in [-0.2, -0.15) is 25.8 Å². The summed E-state index contributed by atoms with van der Waals surface area (Å²) in [6.45, 7) is 0. The highest BCUT2D eigenvalue weighted by atomic mass is 32.1. The van der Waals surface area contributed by atoms with Crippen molar-refractivity contribution in [1.29, 1.82) is 0 Å². The lowest BCUT2D eigenvalue weighted by Crippen LogP contribution is -2.04. The standard InChI is InChI=1S/C8H6F3NS2/c9-8(10,11)6-5-14-7(12-6)3-1-2-4-13/h5,13H,2,4H2. The van der Waals surface area contributed by atoms with Gasteiger partial charge >= 0.3 is 6.18 Å². The average Bonchev–Trinajstić information content (AvgIpc) is 2.52. The lowest BCUT2D eigenvalue weighted by molar-refractivity contribution is -0.140. The molecule has 0 N–H and O–H groups in total. The van der Waals surface area contributed by atoms with Crippen molar-refractivity contribution in [1.82, 2.24) is 4.98 Å². The number of hydrogen-bond donors (Lipinski definition) is 1. The van der Waals surface area contributed by atoms with Gasteiger partial charge in [0.1, 0.15) is 0 Å². The minimum Gasteiger partial charge on any atom is -0.223 e. The molecule has 1 aromatic rings. The van der Waals surface area contributed by atoms with Gasteiger partial charge in [-0.3, -0.25) is 0 Å². The molecule has 1 aromatic heterocycles. The summed E-state index contributed by atoms with van der Waals surface area (Å²) in [6, 6.07) is 0. The summed E-state index contributed by atoms with van der Waals surface area (Å²) in [6.07, 6.45) is -3.83. The zero-order chi connectivity index (χ0) is 10.6. The van der Waals surface area contributed by atoms with Crippen LogP contribution in [-0.2, 0) is 6.18 Å². The Bertz CT molecular complexity index is 359. The molecule has 0 spiro atoms. The van der Waals surface area contributed by atoms with Crippen molar-refractivity contribution in [3.63, 3.8) is 0 Å². The number of alkyl halides is 3. The van der Waals surface area contributed by atoms with Gasteiger partial charge in [-0.05, 0) is 5.92 Å². The van der Waals surface area contributed by atoms with E-state index in [0.717, 1.165) is 16.7 Å². The van der Waals surface area contributed by atoms with E-state index in [4.69, 9.17) is 0 Å². The van der Waals surface area contributed by atoms with E-state index in [-0.39, 0.29) is 5.01 Å². The van der Waals surface area contributed by atoms with Gasteiger partial charge in [0.2, 0.25) is 0 Å². The summed E-state index contributed by atoms with van der Waals surface area (Å²) in [5, 5.41) is 1.16. The Morgan fingerprint density at radius 2 is 2.21 bits per heavy atom. The van der Waals surface area contributed by atoms with Crippen LogP contribution in [0.4, 0.5) is 13.2 Å². The maximum atomic E-state index is 12.1. The molecule has 0 saturated carbocycles. The highest BCUT2D eigenvalue weighted by Gasteiger charge is 2.33. The number of thiazole rings is 1. The molecule has 0 aliphatic rings. The van der Waals surface area contributed by atoms with E-state index >= 15 is 0 Å². The SMILES string of the molecule is FC(F)(F)c1csc(C#CCCS)n1. The summed E-state index contributed by atoms with van der Waals surface area (Å²) in [5.41, 5.74) is -0.877. The molecule has 6 heteroatoms. The third kappa shape index (κ3) is 3.24. The maximum absolute atomic E-state index is 12.1. The summed E-state index contributed by atoms with van der Waals surface area (Å²) >= 11 is 4.82. The van der Waals surface area contributed by atoms with Crippen LogP contribution in [0.25, 0.3) is 0 Å². The first-order valence-electron chi connectivity index (χ1n) is 3.66. The van der Waals surface area contributed by atoms with Crippen LogP contribution < -0.4 is 0 Å². The van der Waals surface area contributed by atoms with Crippen LogP contribution in [-0.4, -0.2) is 10.7 Å². The van der Waals surface area contributed by atoms with Crippen LogP contribution in [0, 0.1) is 11.8 Å². The fraction of sp³-hybridized carbons (Fsp3) is 0.375. The summed E-state index contributed by atoms with van der Waals surface area (Å²) in [7, 11) is 0. The molecule has 76 valence electrons. The number of aromatic nitrogens is 1. The monoisotopic (exact) mass is 237 g/mol. The van der Waals surface area contributed by atoms with Gasteiger partial charge < -0.3 is 0 Å². The van der Waals surface area contributed by atoms with Crippen molar-refractivity contribution in [2.45, 2.75) is 12.6 Å². The number of nitrogens with zero attached hydrogens (tertiary/aromatic N) is 1. The number of rotatable bonds is 1. The number of thiol groups is 1. The zero-order valence-corrected chi connectivity index (χ0v) is 8.64. The van der Waals surface area contributed by atoms with E-state index in [9.17, 15) is 13.2 Å². The molecule has 0 saturated heterocycles. The molecule has 1 heterocycles. The first-order chi connectivity index (χ1) is 6.54. The molecule has 1 rings (SSSR count). The van der Waals surface area contributed by atoms with Crippen molar-refractivity contribution >= 4 is 24.0 Å². The Balaban J connectivity index is 2.75. The Labute approximate surface area is 88.8 Å². The van der Waals surface area contributed by atoms with Crippen LogP contribution in [0.1, 0.15) is 17.1 Å². The quantitative estimate of drug-likeness (QED) is 0.585. The molecule has 0 atom stereocenters. The molecule has 0 aliphatic carbocycles. The van der Waals surface area contributed by atoms with Crippen molar-refractivity contribution in [2.24, 2.45) is 0 Å². The zero-order valence-electron chi connectivity index (χ0n) is 6.93. The van der Waals surface area contributed by atoms with E-state index in [1.54, 1.807) is 0 Å². The fourth-order valence-corrected chi connectivity index (χ4v) is 1.46. The molecule has 0 fully saturated rings. The van der Waals surface area contributed by atoms with Gasteiger partial charge in [0.15, 0.2) is 10.7 Å².